The van der Waals surface area contributed by atoms with E-state index in [9.17, 15) is 0 Å². The van der Waals surface area contributed by atoms with Gasteiger partial charge in [0.05, 0.1) is 6.61 Å². The van der Waals surface area contributed by atoms with Crippen LogP contribution in [0.2, 0.25) is 0 Å². The molecule has 1 aliphatic heterocycles. The molecule has 1 heterocycles. The lowest BCUT2D eigenvalue weighted by Crippen LogP contribution is -2.58. The van der Waals surface area contributed by atoms with Gasteiger partial charge >= 0.3 is 0 Å². The minimum Gasteiger partial charge on any atom is -0.394 e. The van der Waals surface area contributed by atoms with Gasteiger partial charge in [-0.15, -0.1) is 0 Å². The Morgan fingerprint density at radius 3 is 1.87 bits per heavy atom. The third-order valence-corrected chi connectivity index (χ3v) is 1.87. The molecule has 0 aliphatic carbocycles. The van der Waals surface area contributed by atoms with Crippen LogP contribution in [0.1, 0.15) is 0 Å². The Balaban J connectivity index is 0.000000583. The molecule has 0 unspecified atom stereocenters. The van der Waals surface area contributed by atoms with Crippen molar-refractivity contribution in [3.05, 3.63) is 16.0 Å². The molecule has 0 aromatic carbocycles. The fraction of sp³-hybridized carbons (Fsp3) is 1.00. The van der Waals surface area contributed by atoms with E-state index < -0.39 is 37.3 Å². The van der Waals surface area contributed by atoms with Gasteiger partial charge in [0.2, 0.25) is 0 Å². The van der Waals surface area contributed by atoms with Crippen LogP contribution in [0, 0.1) is 0 Å². The molecule has 5 atom stereocenters. The minimum atomic E-state index is -1.57. The molecule has 0 aromatic rings. The first kappa shape index (κ1) is 14.1. The van der Waals surface area contributed by atoms with Crippen LogP contribution in [0.5, 0.6) is 0 Å². The first-order valence-electron chi connectivity index (χ1n) is 3.96. The van der Waals surface area contributed by atoms with Crippen molar-refractivity contribution in [3.63, 3.8) is 0 Å². The predicted molar refractivity (Wildman–Crippen MR) is 46.1 cm³/mol. The van der Waals surface area contributed by atoms with E-state index in [1.165, 1.54) is 4.91 Å². The smallest absolute Gasteiger partial charge is 0.184 e. The highest BCUT2D eigenvalue weighted by molar-refractivity contribution is 4.87. The minimum absolute atomic E-state index is 0.526. The van der Waals surface area contributed by atoms with E-state index in [2.05, 4.69) is 4.74 Å². The summed E-state index contributed by atoms with van der Waals surface area (Å²) in [4.78, 5) is 1.50. The van der Waals surface area contributed by atoms with Gasteiger partial charge in [-0.2, -0.15) is 0 Å². The second-order valence-corrected chi connectivity index (χ2v) is 2.81. The van der Waals surface area contributed by atoms with E-state index in [4.69, 9.17) is 36.6 Å². The van der Waals surface area contributed by atoms with Crippen molar-refractivity contribution in [2.45, 2.75) is 30.7 Å². The SMILES string of the molecule is OC[C@H]1O[C@@H](O)[C@H](O)[C@@H](O)[C@@H]1O.[N-]=[N+]=[N-]. The number of aliphatic hydroxyl groups excluding tert-OH is 5. The third-order valence-electron chi connectivity index (χ3n) is 1.87. The molecular weight excluding hydrogens is 210 g/mol. The second kappa shape index (κ2) is 6.53. The summed E-state index contributed by atoms with van der Waals surface area (Å²) in [6.45, 7) is -0.526. The highest BCUT2D eigenvalue weighted by Gasteiger charge is 2.42. The number of hydrogen-bond donors (Lipinski definition) is 5. The molecule has 9 heteroatoms. The molecular formula is C6H12N3O6-. The summed E-state index contributed by atoms with van der Waals surface area (Å²) in [6, 6.07) is 0. The van der Waals surface area contributed by atoms with Crippen molar-refractivity contribution in [3.8, 4) is 0 Å². The Hall–Kier alpha value is -0.930. The summed E-state index contributed by atoms with van der Waals surface area (Å²) >= 11 is 0. The molecule has 0 spiro atoms. The van der Waals surface area contributed by atoms with E-state index in [-0.39, 0.29) is 0 Å². The normalized spacial score (nSPS) is 39.9. The molecule has 0 aromatic heterocycles. The van der Waals surface area contributed by atoms with E-state index in [0.29, 0.717) is 0 Å². The molecule has 0 radical (unpaired) electrons. The highest BCUT2D eigenvalue weighted by Crippen LogP contribution is 2.18. The van der Waals surface area contributed by atoms with Gasteiger partial charge in [0.25, 0.3) is 0 Å². The molecule has 88 valence electrons. The van der Waals surface area contributed by atoms with Crippen molar-refractivity contribution < 1.29 is 30.3 Å². The topological polar surface area (TPSA) is 169 Å². The van der Waals surface area contributed by atoms with Crippen molar-refractivity contribution in [1.82, 2.24) is 0 Å². The average molecular weight is 222 g/mol. The van der Waals surface area contributed by atoms with Crippen molar-refractivity contribution >= 4 is 0 Å². The molecule has 1 aliphatic rings. The van der Waals surface area contributed by atoms with E-state index in [1.54, 1.807) is 0 Å². The van der Waals surface area contributed by atoms with Crippen LogP contribution in [-0.2, 0) is 4.74 Å². The van der Waals surface area contributed by atoms with Crippen LogP contribution in [0.25, 0.3) is 16.0 Å². The summed E-state index contributed by atoms with van der Waals surface area (Å²) in [5, 5.41) is 44.7. The quantitative estimate of drug-likeness (QED) is 0.189. The number of hydrogen-bond acceptors (Lipinski definition) is 6. The lowest BCUT2D eigenvalue weighted by molar-refractivity contribution is -0.286. The number of rotatable bonds is 1. The van der Waals surface area contributed by atoms with Crippen LogP contribution in [0.15, 0.2) is 0 Å². The van der Waals surface area contributed by atoms with E-state index in [0.717, 1.165) is 0 Å². The number of ether oxygens (including phenoxy) is 1. The Kier molecular flexibility index (Phi) is 6.13. The van der Waals surface area contributed by atoms with Crippen molar-refractivity contribution in [2.75, 3.05) is 6.61 Å². The lowest BCUT2D eigenvalue weighted by Gasteiger charge is -2.37. The summed E-state index contributed by atoms with van der Waals surface area (Å²) in [7, 11) is 0. The molecule has 1 fully saturated rings. The Morgan fingerprint density at radius 1 is 1.00 bits per heavy atom. The van der Waals surface area contributed by atoms with Gasteiger partial charge < -0.3 is 41.3 Å². The second-order valence-electron chi connectivity index (χ2n) is 2.81. The first-order valence-corrected chi connectivity index (χ1v) is 3.96. The predicted octanol–water partition coefficient (Wildman–Crippen LogP) is -2.36. The van der Waals surface area contributed by atoms with Crippen LogP contribution in [0.3, 0.4) is 0 Å². The zero-order chi connectivity index (χ0) is 12.0. The Morgan fingerprint density at radius 2 is 1.47 bits per heavy atom. The molecule has 9 nitrogen and oxygen atoms in total. The lowest BCUT2D eigenvalue weighted by atomic mass is 10.00. The van der Waals surface area contributed by atoms with Crippen LogP contribution >= 0.6 is 0 Å². The maximum Gasteiger partial charge on any atom is 0.184 e. The average Bonchev–Trinajstić information content (AvgIpc) is 2.21. The van der Waals surface area contributed by atoms with Crippen LogP contribution in [0.4, 0.5) is 0 Å². The molecule has 15 heavy (non-hydrogen) atoms. The van der Waals surface area contributed by atoms with Crippen LogP contribution in [-0.4, -0.2) is 62.8 Å². The standard InChI is InChI=1S/C6H12O6.N3/c7-1-2-3(8)4(9)5(10)6(11)12-2;1-3-2/h2-11H,1H2;/q;-1/t2-,3-,4+,5-,6-;/m1./s1. The number of nitrogens with zero attached hydrogens (tertiary/aromatic N) is 3. The molecule has 0 saturated carbocycles. The number of aliphatic hydroxyl groups is 5. The van der Waals surface area contributed by atoms with Gasteiger partial charge in [0.15, 0.2) is 6.29 Å². The fourth-order valence-electron chi connectivity index (χ4n) is 1.08. The molecule has 5 N–H and O–H groups in total. The van der Waals surface area contributed by atoms with Gasteiger partial charge in [0, 0.05) is 0 Å². The summed E-state index contributed by atoms with van der Waals surface area (Å²) in [6.07, 6.45) is -7.04. The van der Waals surface area contributed by atoms with Crippen molar-refractivity contribution in [1.29, 1.82) is 0 Å². The molecule has 1 saturated heterocycles. The summed E-state index contributed by atoms with van der Waals surface area (Å²) in [5.74, 6) is 0. The molecule has 0 bridgehead atoms. The summed E-state index contributed by atoms with van der Waals surface area (Å²) < 4.78 is 4.58. The third kappa shape index (κ3) is 3.61. The highest BCUT2D eigenvalue weighted by atomic mass is 16.6. The monoisotopic (exact) mass is 222 g/mol. The van der Waals surface area contributed by atoms with Gasteiger partial charge in [0.1, 0.15) is 24.4 Å². The van der Waals surface area contributed by atoms with Gasteiger partial charge in [-0.3, -0.25) is 4.91 Å². The van der Waals surface area contributed by atoms with Crippen LogP contribution < -0.4 is 0 Å². The largest absolute Gasteiger partial charge is 0.394 e. The fourth-order valence-corrected chi connectivity index (χ4v) is 1.08. The van der Waals surface area contributed by atoms with Crippen molar-refractivity contribution in [2.24, 2.45) is 0 Å². The Bertz CT molecular complexity index is 216. The van der Waals surface area contributed by atoms with E-state index >= 15 is 0 Å². The molecule has 1 rings (SSSR count). The van der Waals surface area contributed by atoms with Gasteiger partial charge in [-0.1, -0.05) is 0 Å². The first-order chi connectivity index (χ1) is 6.99. The zero-order valence-corrected chi connectivity index (χ0v) is 7.58. The Labute approximate surface area is 84.6 Å². The van der Waals surface area contributed by atoms with Gasteiger partial charge in [-0.05, 0) is 0 Å². The maximum absolute atomic E-state index is 9.12. The molecule has 0 amide bonds. The van der Waals surface area contributed by atoms with Gasteiger partial charge in [-0.25, -0.2) is 0 Å². The van der Waals surface area contributed by atoms with E-state index in [1.807, 2.05) is 0 Å². The zero-order valence-electron chi connectivity index (χ0n) is 7.58. The summed E-state index contributed by atoms with van der Waals surface area (Å²) in [5.41, 5.74) is 13.5. The maximum atomic E-state index is 9.12.